The Morgan fingerprint density at radius 3 is 2.39 bits per heavy atom. The molecule has 210 valence electrons. The van der Waals surface area contributed by atoms with Crippen molar-refractivity contribution in [3.05, 3.63) is 99.2 Å². The van der Waals surface area contributed by atoms with Gasteiger partial charge in [-0.25, -0.2) is 14.4 Å². The van der Waals surface area contributed by atoms with Crippen LogP contribution < -0.4 is 10.1 Å². The predicted octanol–water partition coefficient (Wildman–Crippen LogP) is 4.59. The zero-order chi connectivity index (χ0) is 29.3. The Balaban J connectivity index is 1.67. The molecule has 12 heteroatoms. The first-order chi connectivity index (χ1) is 19.8. The zero-order valence-electron chi connectivity index (χ0n) is 22.4. The summed E-state index contributed by atoms with van der Waals surface area (Å²) in [5, 5.41) is 15.0. The van der Waals surface area contributed by atoms with E-state index in [1.54, 1.807) is 24.3 Å². The molecule has 5 rings (SSSR count). The fourth-order valence-electron chi connectivity index (χ4n) is 5.21. The number of aromatic nitrogens is 1. The molecular formula is C29H26N4O8. The number of nitrogens with one attached hydrogen (secondary N) is 2. The maximum atomic E-state index is 14.1. The molecule has 1 aliphatic heterocycles. The summed E-state index contributed by atoms with van der Waals surface area (Å²) < 4.78 is 15.3. The molecule has 41 heavy (non-hydrogen) atoms. The standard InChI is InChI=1S/C29H26N4O8/c1-39-24-13-12-18(33(37)38)14-22(24)31-29(36)32-23(28(35)41-3)15-20-19-6-4-5-7-21(19)30-25(20)26(32)16-8-10-17(11-9-16)27(34)40-2/h4-14,23,26,30H,15H2,1-3H3,(H,31,36). The number of ether oxygens (including phenoxy) is 3. The van der Waals surface area contributed by atoms with Gasteiger partial charge in [-0.15, -0.1) is 0 Å². The largest absolute Gasteiger partial charge is 0.495 e. The second-order valence-corrected chi connectivity index (χ2v) is 9.30. The average Bonchev–Trinajstić information content (AvgIpc) is 3.37. The van der Waals surface area contributed by atoms with Crippen LogP contribution in [0.2, 0.25) is 0 Å². The van der Waals surface area contributed by atoms with Crippen LogP contribution in [0.5, 0.6) is 5.75 Å². The molecule has 0 aliphatic carbocycles. The molecule has 12 nitrogen and oxygen atoms in total. The zero-order valence-corrected chi connectivity index (χ0v) is 22.4. The van der Waals surface area contributed by atoms with E-state index < -0.39 is 35.0 Å². The minimum Gasteiger partial charge on any atom is -0.495 e. The number of rotatable bonds is 6. The number of urea groups is 1. The van der Waals surface area contributed by atoms with Gasteiger partial charge in [0.1, 0.15) is 17.8 Å². The van der Waals surface area contributed by atoms with Gasteiger partial charge in [-0.2, -0.15) is 0 Å². The summed E-state index contributed by atoms with van der Waals surface area (Å²) in [5.41, 5.74) is 3.05. The third-order valence-corrected chi connectivity index (χ3v) is 7.12. The number of H-pyrrole nitrogens is 1. The minimum atomic E-state index is -1.05. The van der Waals surface area contributed by atoms with E-state index in [2.05, 4.69) is 10.3 Å². The Hall–Kier alpha value is -5.39. The highest BCUT2D eigenvalue weighted by Gasteiger charge is 2.44. The molecule has 2 N–H and O–H groups in total. The molecule has 2 unspecified atom stereocenters. The monoisotopic (exact) mass is 558 g/mol. The van der Waals surface area contributed by atoms with E-state index in [0.717, 1.165) is 16.5 Å². The molecule has 4 aromatic rings. The van der Waals surface area contributed by atoms with Gasteiger partial charge in [0.05, 0.1) is 37.5 Å². The number of carbonyl (C=O) groups excluding carboxylic acids is 3. The number of hydrogen-bond donors (Lipinski definition) is 2. The van der Waals surface area contributed by atoms with Gasteiger partial charge < -0.3 is 24.5 Å². The van der Waals surface area contributed by atoms with Gasteiger partial charge in [0.25, 0.3) is 5.69 Å². The summed E-state index contributed by atoms with van der Waals surface area (Å²) in [4.78, 5) is 54.9. The molecule has 2 heterocycles. The fraction of sp³-hybridized carbons (Fsp3) is 0.207. The van der Waals surface area contributed by atoms with Gasteiger partial charge in [-0.3, -0.25) is 15.0 Å². The van der Waals surface area contributed by atoms with Crippen LogP contribution in [-0.4, -0.2) is 60.1 Å². The normalized spacial score (nSPS) is 16.0. The smallest absolute Gasteiger partial charge is 0.337 e. The molecule has 3 aromatic carbocycles. The lowest BCUT2D eigenvalue weighted by Gasteiger charge is -2.40. The molecule has 0 radical (unpaired) electrons. The summed E-state index contributed by atoms with van der Waals surface area (Å²) in [6.07, 6.45) is 0.155. The van der Waals surface area contributed by atoms with Gasteiger partial charge in [0.15, 0.2) is 0 Å². The van der Waals surface area contributed by atoms with Gasteiger partial charge in [0.2, 0.25) is 0 Å². The summed E-state index contributed by atoms with van der Waals surface area (Å²) in [7, 11) is 3.90. The molecule has 0 spiro atoms. The average molecular weight is 559 g/mol. The minimum absolute atomic E-state index is 0.0533. The molecule has 2 amide bonds. The van der Waals surface area contributed by atoms with Crippen molar-refractivity contribution in [1.29, 1.82) is 0 Å². The van der Waals surface area contributed by atoms with Crippen LogP contribution >= 0.6 is 0 Å². The Labute approximate surface area is 234 Å². The number of para-hydroxylation sites is 1. The first-order valence-electron chi connectivity index (χ1n) is 12.5. The number of amides is 2. The maximum Gasteiger partial charge on any atom is 0.337 e. The SMILES string of the molecule is COC(=O)c1ccc(C2c3[nH]c4ccccc4c3CC(C(=O)OC)N2C(=O)Nc2cc([N+](=O)[O-])ccc2OC)cc1. The Bertz CT molecular complexity index is 1660. The van der Waals surface area contributed by atoms with E-state index in [-0.39, 0.29) is 23.5 Å². The third-order valence-electron chi connectivity index (χ3n) is 7.12. The number of benzene rings is 3. The number of non-ortho nitro benzene ring substituents is 1. The van der Waals surface area contributed by atoms with E-state index in [9.17, 15) is 24.5 Å². The lowest BCUT2D eigenvalue weighted by Crippen LogP contribution is -2.53. The highest BCUT2D eigenvalue weighted by atomic mass is 16.6. The van der Waals surface area contributed by atoms with Crippen molar-refractivity contribution in [3.63, 3.8) is 0 Å². The van der Waals surface area contributed by atoms with Crippen molar-refractivity contribution in [2.75, 3.05) is 26.6 Å². The van der Waals surface area contributed by atoms with Crippen molar-refractivity contribution in [2.24, 2.45) is 0 Å². The highest BCUT2D eigenvalue weighted by molar-refractivity contribution is 5.97. The number of nitrogens with zero attached hydrogens (tertiary/aromatic N) is 2. The molecular weight excluding hydrogens is 532 g/mol. The second-order valence-electron chi connectivity index (χ2n) is 9.30. The lowest BCUT2D eigenvalue weighted by molar-refractivity contribution is -0.384. The number of nitro groups is 1. The van der Waals surface area contributed by atoms with Gasteiger partial charge in [-0.05, 0) is 35.4 Å². The van der Waals surface area contributed by atoms with Crippen LogP contribution in [0, 0.1) is 10.1 Å². The highest BCUT2D eigenvalue weighted by Crippen LogP contribution is 2.42. The first kappa shape index (κ1) is 27.2. The fourth-order valence-corrected chi connectivity index (χ4v) is 5.21. The van der Waals surface area contributed by atoms with E-state index in [1.807, 2.05) is 24.3 Å². The number of esters is 2. The number of hydrogen-bond acceptors (Lipinski definition) is 8. The second kappa shape index (κ2) is 11.0. The van der Waals surface area contributed by atoms with Crippen molar-refractivity contribution < 1.29 is 33.5 Å². The van der Waals surface area contributed by atoms with Crippen LogP contribution in [0.4, 0.5) is 16.2 Å². The molecule has 0 fully saturated rings. The van der Waals surface area contributed by atoms with Crippen LogP contribution in [0.3, 0.4) is 0 Å². The lowest BCUT2D eigenvalue weighted by atomic mass is 9.88. The Morgan fingerprint density at radius 1 is 1.00 bits per heavy atom. The van der Waals surface area contributed by atoms with E-state index in [1.165, 1.54) is 44.4 Å². The topological polar surface area (TPSA) is 153 Å². The van der Waals surface area contributed by atoms with Crippen molar-refractivity contribution in [2.45, 2.75) is 18.5 Å². The van der Waals surface area contributed by atoms with E-state index in [0.29, 0.717) is 16.8 Å². The summed E-state index contributed by atoms with van der Waals surface area (Å²) in [6, 6.07) is 15.3. The molecule has 2 atom stereocenters. The molecule has 1 aromatic heterocycles. The number of anilines is 1. The van der Waals surface area contributed by atoms with E-state index >= 15 is 0 Å². The number of fused-ring (bicyclic) bond motifs is 3. The van der Waals surface area contributed by atoms with Crippen molar-refractivity contribution >= 4 is 40.2 Å². The Kier molecular flexibility index (Phi) is 7.30. The van der Waals surface area contributed by atoms with Crippen LogP contribution in [0.15, 0.2) is 66.7 Å². The van der Waals surface area contributed by atoms with E-state index in [4.69, 9.17) is 14.2 Å². The third kappa shape index (κ3) is 4.91. The Morgan fingerprint density at radius 2 is 1.73 bits per heavy atom. The van der Waals surface area contributed by atoms with Crippen LogP contribution in [0.1, 0.15) is 33.2 Å². The number of methoxy groups -OCH3 is 3. The molecule has 0 saturated heterocycles. The van der Waals surface area contributed by atoms with Gasteiger partial charge in [-0.1, -0.05) is 30.3 Å². The number of carbonyl (C=O) groups is 3. The number of nitro benzene ring substituents is 1. The van der Waals surface area contributed by atoms with Crippen molar-refractivity contribution in [3.8, 4) is 5.75 Å². The molecule has 1 aliphatic rings. The van der Waals surface area contributed by atoms with Crippen molar-refractivity contribution in [1.82, 2.24) is 9.88 Å². The maximum absolute atomic E-state index is 14.1. The summed E-state index contributed by atoms with van der Waals surface area (Å²) in [5.74, 6) is -0.967. The first-order valence-corrected chi connectivity index (χ1v) is 12.5. The molecule has 0 saturated carbocycles. The quantitative estimate of drug-likeness (QED) is 0.198. The van der Waals surface area contributed by atoms with Gasteiger partial charge in [0, 0.05) is 35.2 Å². The number of aromatic amines is 1. The predicted molar refractivity (Wildman–Crippen MR) is 148 cm³/mol. The summed E-state index contributed by atoms with van der Waals surface area (Å²) in [6.45, 7) is 0. The molecule has 0 bridgehead atoms. The van der Waals surface area contributed by atoms with Gasteiger partial charge >= 0.3 is 18.0 Å². The van der Waals surface area contributed by atoms with Crippen LogP contribution in [0.25, 0.3) is 10.9 Å². The van der Waals surface area contributed by atoms with Crippen LogP contribution in [-0.2, 0) is 20.7 Å². The summed E-state index contributed by atoms with van der Waals surface area (Å²) >= 11 is 0.